The summed E-state index contributed by atoms with van der Waals surface area (Å²) in [5.74, 6) is -0.866. The van der Waals surface area contributed by atoms with Gasteiger partial charge in [0.1, 0.15) is 22.6 Å². The van der Waals surface area contributed by atoms with Crippen molar-refractivity contribution < 1.29 is 38.1 Å². The van der Waals surface area contributed by atoms with Gasteiger partial charge in [-0.25, -0.2) is 9.59 Å². The number of aldehydes is 1. The fourth-order valence-electron chi connectivity index (χ4n) is 3.27. The Balaban J connectivity index is 2.34. The van der Waals surface area contributed by atoms with Crippen LogP contribution in [0.1, 0.15) is 56.0 Å². The predicted molar refractivity (Wildman–Crippen MR) is 106 cm³/mol. The van der Waals surface area contributed by atoms with Crippen LogP contribution in [0, 0.1) is 13.8 Å². The van der Waals surface area contributed by atoms with Crippen LogP contribution in [-0.2, 0) is 4.74 Å². The van der Waals surface area contributed by atoms with E-state index in [9.17, 15) is 14.4 Å². The topological polar surface area (TPSA) is 97.4 Å². The van der Waals surface area contributed by atoms with Gasteiger partial charge in [0.25, 0.3) is 0 Å². The molecule has 0 radical (unpaired) electrons. The van der Waals surface area contributed by atoms with E-state index in [-0.39, 0.29) is 46.3 Å². The van der Waals surface area contributed by atoms with Gasteiger partial charge in [0, 0.05) is 5.56 Å². The van der Waals surface area contributed by atoms with Gasteiger partial charge in [-0.2, -0.15) is 0 Å². The number of hydrogen-bond acceptors (Lipinski definition) is 8. The van der Waals surface area contributed by atoms with Gasteiger partial charge in [0.05, 0.1) is 25.9 Å². The first kappa shape index (κ1) is 21.2. The van der Waals surface area contributed by atoms with Crippen LogP contribution in [0.2, 0.25) is 0 Å². The molecule has 0 N–H and O–H groups in total. The standard InChI is InChI=1S/C22H22O8/c1-6-27-16-8-11(3)17-19(14(16)10-23)29-20-13(21(24)28-7-2)9-15(26-5)12(4)18(20)30-22(17)25/h8-10H,6-7H2,1-5H3. The summed E-state index contributed by atoms with van der Waals surface area (Å²) in [6.07, 6.45) is 0.544. The van der Waals surface area contributed by atoms with Crippen molar-refractivity contribution in [3.05, 3.63) is 39.9 Å². The molecule has 0 spiro atoms. The van der Waals surface area contributed by atoms with Crippen LogP contribution in [0.15, 0.2) is 12.1 Å². The van der Waals surface area contributed by atoms with Crippen LogP contribution >= 0.6 is 0 Å². The third-order valence-electron chi connectivity index (χ3n) is 4.65. The van der Waals surface area contributed by atoms with E-state index in [1.165, 1.54) is 13.2 Å². The van der Waals surface area contributed by atoms with Crippen LogP contribution in [0.25, 0.3) is 0 Å². The molecule has 0 bridgehead atoms. The van der Waals surface area contributed by atoms with Gasteiger partial charge < -0.3 is 23.7 Å². The Bertz CT molecular complexity index is 1040. The Morgan fingerprint density at radius 1 is 1.03 bits per heavy atom. The molecule has 0 saturated carbocycles. The monoisotopic (exact) mass is 414 g/mol. The van der Waals surface area contributed by atoms with Gasteiger partial charge in [-0.3, -0.25) is 4.79 Å². The fraction of sp³-hybridized carbons (Fsp3) is 0.318. The molecule has 2 aromatic rings. The number of esters is 2. The number of ether oxygens (including phenoxy) is 5. The molecule has 1 aliphatic heterocycles. The first-order chi connectivity index (χ1) is 14.4. The normalized spacial score (nSPS) is 12.0. The van der Waals surface area contributed by atoms with Gasteiger partial charge in [0.15, 0.2) is 23.5 Å². The summed E-state index contributed by atoms with van der Waals surface area (Å²) in [4.78, 5) is 37.5. The maximum atomic E-state index is 13.0. The summed E-state index contributed by atoms with van der Waals surface area (Å²) >= 11 is 0. The minimum absolute atomic E-state index is 0.00580. The molecule has 2 aromatic carbocycles. The first-order valence-electron chi connectivity index (χ1n) is 9.42. The smallest absolute Gasteiger partial charge is 0.347 e. The molecule has 30 heavy (non-hydrogen) atoms. The van der Waals surface area contributed by atoms with Crippen molar-refractivity contribution in [2.24, 2.45) is 0 Å². The van der Waals surface area contributed by atoms with E-state index in [2.05, 4.69) is 0 Å². The molecule has 0 atom stereocenters. The SMILES string of the molecule is CCOC(=O)c1cc(OC)c(C)c2c1Oc1c(C=O)c(OCC)cc(C)c1C(=O)O2. The van der Waals surface area contributed by atoms with Crippen molar-refractivity contribution in [2.45, 2.75) is 27.7 Å². The summed E-state index contributed by atoms with van der Waals surface area (Å²) < 4.78 is 27.6. The van der Waals surface area contributed by atoms with Crippen LogP contribution in [0.5, 0.6) is 28.7 Å². The lowest BCUT2D eigenvalue weighted by Crippen LogP contribution is -2.12. The summed E-state index contributed by atoms with van der Waals surface area (Å²) in [6, 6.07) is 3.02. The number of methoxy groups -OCH3 is 1. The number of rotatable bonds is 6. The van der Waals surface area contributed by atoms with Crippen LogP contribution < -0.4 is 18.9 Å². The number of benzene rings is 2. The summed E-state index contributed by atoms with van der Waals surface area (Å²) in [6.45, 7) is 7.22. The molecule has 8 nitrogen and oxygen atoms in total. The number of aryl methyl sites for hydroxylation is 1. The average molecular weight is 414 g/mol. The molecule has 0 aromatic heterocycles. The Morgan fingerprint density at radius 2 is 1.77 bits per heavy atom. The third kappa shape index (κ3) is 3.45. The van der Waals surface area contributed by atoms with E-state index >= 15 is 0 Å². The molecular weight excluding hydrogens is 392 g/mol. The second kappa shape index (κ2) is 8.44. The molecule has 3 rings (SSSR count). The molecule has 1 heterocycles. The quantitative estimate of drug-likeness (QED) is 0.397. The lowest BCUT2D eigenvalue weighted by atomic mass is 10.0. The van der Waals surface area contributed by atoms with Gasteiger partial charge in [-0.1, -0.05) is 0 Å². The van der Waals surface area contributed by atoms with E-state index < -0.39 is 11.9 Å². The number of fused-ring (bicyclic) bond motifs is 2. The Morgan fingerprint density at radius 3 is 2.37 bits per heavy atom. The van der Waals surface area contributed by atoms with E-state index in [1.54, 1.807) is 33.8 Å². The summed E-state index contributed by atoms with van der Waals surface area (Å²) in [5, 5.41) is 0. The minimum atomic E-state index is -0.724. The van der Waals surface area contributed by atoms with Crippen LogP contribution in [0.4, 0.5) is 0 Å². The largest absolute Gasteiger partial charge is 0.496 e. The van der Waals surface area contributed by atoms with Crippen molar-refractivity contribution >= 4 is 18.2 Å². The van der Waals surface area contributed by atoms with Crippen molar-refractivity contribution in [1.82, 2.24) is 0 Å². The lowest BCUT2D eigenvalue weighted by Gasteiger charge is -2.17. The second-order valence-corrected chi connectivity index (χ2v) is 6.48. The zero-order valence-corrected chi connectivity index (χ0v) is 17.4. The zero-order chi connectivity index (χ0) is 22.0. The number of hydrogen-bond donors (Lipinski definition) is 0. The number of carbonyl (C=O) groups excluding carboxylic acids is 3. The van der Waals surface area contributed by atoms with Gasteiger partial charge in [0.2, 0.25) is 0 Å². The van der Waals surface area contributed by atoms with E-state index in [4.69, 9.17) is 23.7 Å². The molecule has 0 saturated heterocycles. The van der Waals surface area contributed by atoms with Crippen LogP contribution in [-0.4, -0.2) is 38.5 Å². The number of carbonyl (C=O) groups is 3. The summed E-state index contributed by atoms with van der Waals surface area (Å²) in [5.41, 5.74) is 1.08. The molecule has 0 amide bonds. The maximum Gasteiger partial charge on any atom is 0.347 e. The van der Waals surface area contributed by atoms with Crippen molar-refractivity contribution in [2.75, 3.05) is 20.3 Å². The van der Waals surface area contributed by atoms with Crippen molar-refractivity contribution in [1.29, 1.82) is 0 Å². The van der Waals surface area contributed by atoms with E-state index in [1.807, 2.05) is 0 Å². The highest BCUT2D eigenvalue weighted by Gasteiger charge is 2.34. The fourth-order valence-corrected chi connectivity index (χ4v) is 3.27. The molecule has 0 unspecified atom stereocenters. The Kier molecular flexibility index (Phi) is 5.96. The molecule has 158 valence electrons. The molecule has 1 aliphatic rings. The Hall–Kier alpha value is -3.55. The maximum absolute atomic E-state index is 13.0. The molecular formula is C22H22O8. The van der Waals surface area contributed by atoms with Gasteiger partial charge in [-0.05, 0) is 45.4 Å². The van der Waals surface area contributed by atoms with Crippen molar-refractivity contribution in [3.63, 3.8) is 0 Å². The van der Waals surface area contributed by atoms with E-state index in [0.29, 0.717) is 29.8 Å². The lowest BCUT2D eigenvalue weighted by molar-refractivity contribution is 0.0521. The third-order valence-corrected chi connectivity index (χ3v) is 4.65. The zero-order valence-electron chi connectivity index (χ0n) is 17.4. The highest BCUT2D eigenvalue weighted by atomic mass is 16.6. The summed E-state index contributed by atoms with van der Waals surface area (Å²) in [7, 11) is 1.43. The highest BCUT2D eigenvalue weighted by molar-refractivity contribution is 6.03. The van der Waals surface area contributed by atoms with Gasteiger partial charge >= 0.3 is 11.9 Å². The highest BCUT2D eigenvalue weighted by Crippen LogP contribution is 2.48. The van der Waals surface area contributed by atoms with Gasteiger partial charge in [-0.15, -0.1) is 0 Å². The Labute approximate surface area is 173 Å². The molecule has 0 aliphatic carbocycles. The van der Waals surface area contributed by atoms with Crippen LogP contribution in [0.3, 0.4) is 0 Å². The first-order valence-corrected chi connectivity index (χ1v) is 9.42. The minimum Gasteiger partial charge on any atom is -0.496 e. The predicted octanol–water partition coefficient (Wildman–Crippen LogP) is 4.02. The van der Waals surface area contributed by atoms with E-state index in [0.717, 1.165) is 0 Å². The molecule has 8 heteroatoms. The molecule has 0 fully saturated rings. The van der Waals surface area contributed by atoms with Crippen molar-refractivity contribution in [3.8, 4) is 28.7 Å². The second-order valence-electron chi connectivity index (χ2n) is 6.48. The average Bonchev–Trinajstić information content (AvgIpc) is 2.86.